The number of carbonyl (C=O) groups is 4. The molecule has 1 fully saturated rings. The third kappa shape index (κ3) is 4.32. The summed E-state index contributed by atoms with van der Waals surface area (Å²) >= 11 is 0. The second-order valence-electron chi connectivity index (χ2n) is 7.78. The summed E-state index contributed by atoms with van der Waals surface area (Å²) in [5.41, 5.74) is -0.0648. The molecule has 2 aliphatic heterocycles. The quantitative estimate of drug-likeness (QED) is 0.487. The summed E-state index contributed by atoms with van der Waals surface area (Å²) in [4.78, 5) is 50.8. The number of hydrogen-bond donors (Lipinski definition) is 2. The Labute approximate surface area is 189 Å². The van der Waals surface area contributed by atoms with Crippen LogP contribution in [-0.4, -0.2) is 48.7 Å². The highest BCUT2D eigenvalue weighted by Crippen LogP contribution is 2.37. The lowest BCUT2D eigenvalue weighted by molar-refractivity contribution is -0.133. The molecule has 2 aromatic rings. The average Bonchev–Trinajstić information content (AvgIpc) is 3.36. The van der Waals surface area contributed by atoms with E-state index in [-0.39, 0.29) is 6.79 Å². The van der Waals surface area contributed by atoms with Gasteiger partial charge in [0.1, 0.15) is 12.1 Å². The Morgan fingerprint density at radius 1 is 1.12 bits per heavy atom. The van der Waals surface area contributed by atoms with Crippen molar-refractivity contribution in [2.45, 2.75) is 25.8 Å². The number of rotatable bonds is 7. The highest BCUT2D eigenvalue weighted by atomic mass is 16.7. The van der Waals surface area contributed by atoms with Gasteiger partial charge in [0.2, 0.25) is 12.7 Å². The van der Waals surface area contributed by atoms with Crippen molar-refractivity contribution in [3.8, 4) is 11.5 Å². The SMILES string of the molecule is CCCOC(=O)c1ccc(NC(=O)CN2C(=O)N[C@@](C)(c3ccc4c(c3)OCO4)C2=O)cc1. The van der Waals surface area contributed by atoms with E-state index < -0.39 is 35.9 Å². The number of urea groups is 1. The van der Waals surface area contributed by atoms with Gasteiger partial charge in [-0.15, -0.1) is 0 Å². The molecule has 4 amide bonds. The summed E-state index contributed by atoms with van der Waals surface area (Å²) in [6, 6.07) is 10.4. The maximum atomic E-state index is 13.1. The van der Waals surface area contributed by atoms with Gasteiger partial charge in [0, 0.05) is 5.69 Å². The van der Waals surface area contributed by atoms with Crippen LogP contribution in [0.3, 0.4) is 0 Å². The number of benzene rings is 2. The minimum Gasteiger partial charge on any atom is -0.462 e. The van der Waals surface area contributed by atoms with E-state index in [1.54, 1.807) is 37.3 Å². The number of nitrogens with one attached hydrogen (secondary N) is 2. The molecule has 0 aliphatic carbocycles. The maximum Gasteiger partial charge on any atom is 0.338 e. The topological polar surface area (TPSA) is 123 Å². The van der Waals surface area contributed by atoms with E-state index in [2.05, 4.69) is 10.6 Å². The van der Waals surface area contributed by atoms with E-state index >= 15 is 0 Å². The van der Waals surface area contributed by atoms with Crippen molar-refractivity contribution in [2.75, 3.05) is 25.3 Å². The van der Waals surface area contributed by atoms with Crippen LogP contribution in [0.5, 0.6) is 11.5 Å². The van der Waals surface area contributed by atoms with Gasteiger partial charge in [-0.3, -0.25) is 14.5 Å². The van der Waals surface area contributed by atoms with Crippen molar-refractivity contribution in [1.29, 1.82) is 0 Å². The molecule has 0 unspecified atom stereocenters. The Bertz CT molecular complexity index is 1120. The molecule has 1 saturated heterocycles. The molecule has 33 heavy (non-hydrogen) atoms. The molecule has 0 bridgehead atoms. The number of amides is 4. The summed E-state index contributed by atoms with van der Waals surface area (Å²) < 4.78 is 15.7. The number of fused-ring (bicyclic) bond motifs is 1. The summed E-state index contributed by atoms with van der Waals surface area (Å²) in [5, 5.41) is 5.27. The first-order valence-corrected chi connectivity index (χ1v) is 10.4. The van der Waals surface area contributed by atoms with E-state index in [9.17, 15) is 19.2 Å². The number of anilines is 1. The molecular formula is C23H23N3O7. The summed E-state index contributed by atoms with van der Waals surface area (Å²) in [6.45, 7) is 3.41. The molecular weight excluding hydrogens is 430 g/mol. The fraction of sp³-hybridized carbons (Fsp3) is 0.304. The molecule has 2 aromatic carbocycles. The van der Waals surface area contributed by atoms with Crippen LogP contribution in [-0.2, 0) is 19.9 Å². The molecule has 4 rings (SSSR count). The summed E-state index contributed by atoms with van der Waals surface area (Å²) in [5.74, 6) is -0.531. The zero-order chi connectivity index (χ0) is 23.6. The third-order valence-corrected chi connectivity index (χ3v) is 5.37. The number of esters is 1. The Balaban J connectivity index is 1.40. The van der Waals surface area contributed by atoms with Crippen LogP contribution in [0.2, 0.25) is 0 Å². The van der Waals surface area contributed by atoms with E-state index in [0.717, 1.165) is 11.3 Å². The van der Waals surface area contributed by atoms with Crippen molar-refractivity contribution >= 4 is 29.5 Å². The number of nitrogens with zero attached hydrogens (tertiary/aromatic N) is 1. The molecule has 2 aliphatic rings. The van der Waals surface area contributed by atoms with Crippen LogP contribution in [0.25, 0.3) is 0 Å². The normalized spacial score (nSPS) is 18.8. The Hall–Kier alpha value is -4.08. The molecule has 172 valence electrons. The van der Waals surface area contributed by atoms with Gasteiger partial charge in [-0.05, 0) is 55.3 Å². The van der Waals surface area contributed by atoms with Crippen molar-refractivity contribution in [1.82, 2.24) is 10.2 Å². The maximum absolute atomic E-state index is 13.1. The van der Waals surface area contributed by atoms with Crippen molar-refractivity contribution in [3.63, 3.8) is 0 Å². The summed E-state index contributed by atoms with van der Waals surface area (Å²) in [6.07, 6.45) is 0.719. The van der Waals surface area contributed by atoms with Crippen LogP contribution in [0.4, 0.5) is 10.5 Å². The van der Waals surface area contributed by atoms with Crippen LogP contribution in [0.1, 0.15) is 36.2 Å². The lowest BCUT2D eigenvalue weighted by Crippen LogP contribution is -2.42. The first kappa shape index (κ1) is 22.1. The Morgan fingerprint density at radius 3 is 2.58 bits per heavy atom. The number of hydrogen-bond acceptors (Lipinski definition) is 7. The van der Waals surface area contributed by atoms with Crippen LogP contribution < -0.4 is 20.1 Å². The van der Waals surface area contributed by atoms with Gasteiger partial charge in [0.25, 0.3) is 5.91 Å². The number of carbonyl (C=O) groups excluding carboxylic acids is 4. The predicted molar refractivity (Wildman–Crippen MR) is 116 cm³/mol. The van der Waals surface area contributed by atoms with Gasteiger partial charge < -0.3 is 24.8 Å². The Kier molecular flexibility index (Phi) is 5.91. The highest BCUT2D eigenvalue weighted by Gasteiger charge is 2.49. The second-order valence-corrected chi connectivity index (χ2v) is 7.78. The monoisotopic (exact) mass is 453 g/mol. The molecule has 1 atom stereocenters. The standard InChI is InChI=1S/C23H23N3O7/c1-3-10-31-20(28)14-4-7-16(8-5-14)24-19(27)12-26-21(29)23(2,25-22(26)30)15-6-9-17-18(11-15)33-13-32-17/h4-9,11H,3,10,12-13H2,1-2H3,(H,24,27)(H,25,30)/t23-/m0/s1. The highest BCUT2D eigenvalue weighted by molar-refractivity contribution is 6.10. The number of imide groups is 1. The molecule has 10 nitrogen and oxygen atoms in total. The van der Waals surface area contributed by atoms with E-state index in [4.69, 9.17) is 14.2 Å². The fourth-order valence-electron chi connectivity index (χ4n) is 3.56. The molecule has 0 spiro atoms. The van der Waals surface area contributed by atoms with Crippen molar-refractivity contribution in [2.24, 2.45) is 0 Å². The molecule has 2 heterocycles. The third-order valence-electron chi connectivity index (χ3n) is 5.37. The van der Waals surface area contributed by atoms with Crippen molar-refractivity contribution < 1.29 is 33.4 Å². The smallest absolute Gasteiger partial charge is 0.338 e. The summed E-state index contributed by atoms with van der Waals surface area (Å²) in [7, 11) is 0. The fourth-order valence-corrected chi connectivity index (χ4v) is 3.56. The molecule has 0 saturated carbocycles. The lowest BCUT2D eigenvalue weighted by atomic mass is 9.91. The van der Waals surface area contributed by atoms with Crippen LogP contribution in [0, 0.1) is 0 Å². The van der Waals surface area contributed by atoms with Gasteiger partial charge >= 0.3 is 12.0 Å². The minimum atomic E-state index is -1.35. The molecule has 2 N–H and O–H groups in total. The van der Waals surface area contributed by atoms with E-state index in [0.29, 0.717) is 34.9 Å². The molecule has 0 radical (unpaired) electrons. The zero-order valence-electron chi connectivity index (χ0n) is 18.2. The van der Waals surface area contributed by atoms with Gasteiger partial charge in [0.15, 0.2) is 11.5 Å². The lowest BCUT2D eigenvalue weighted by Gasteiger charge is -2.22. The van der Waals surface area contributed by atoms with Crippen LogP contribution in [0.15, 0.2) is 42.5 Å². The molecule has 10 heteroatoms. The van der Waals surface area contributed by atoms with E-state index in [1.165, 1.54) is 12.1 Å². The van der Waals surface area contributed by atoms with Crippen LogP contribution >= 0.6 is 0 Å². The second kappa shape index (κ2) is 8.81. The molecule has 0 aromatic heterocycles. The van der Waals surface area contributed by atoms with E-state index in [1.807, 2.05) is 6.92 Å². The van der Waals surface area contributed by atoms with Gasteiger partial charge in [-0.2, -0.15) is 0 Å². The Morgan fingerprint density at radius 2 is 1.85 bits per heavy atom. The average molecular weight is 453 g/mol. The van der Waals surface area contributed by atoms with Crippen molar-refractivity contribution in [3.05, 3.63) is 53.6 Å². The van der Waals surface area contributed by atoms with Gasteiger partial charge in [-0.1, -0.05) is 13.0 Å². The first-order valence-electron chi connectivity index (χ1n) is 10.4. The first-order chi connectivity index (χ1) is 15.8. The van der Waals surface area contributed by atoms with Gasteiger partial charge in [0.05, 0.1) is 12.2 Å². The predicted octanol–water partition coefficient (Wildman–Crippen LogP) is 2.39. The zero-order valence-corrected chi connectivity index (χ0v) is 18.2. The van der Waals surface area contributed by atoms with Gasteiger partial charge in [-0.25, -0.2) is 9.59 Å². The number of ether oxygens (including phenoxy) is 3. The minimum absolute atomic E-state index is 0.0863. The largest absolute Gasteiger partial charge is 0.462 e.